The van der Waals surface area contributed by atoms with Crippen LogP contribution in [-0.4, -0.2) is 35.4 Å². The lowest BCUT2D eigenvalue weighted by Gasteiger charge is -2.37. The van der Waals surface area contributed by atoms with Gasteiger partial charge in [-0.05, 0) is 56.0 Å². The zero-order valence-corrected chi connectivity index (χ0v) is 18.4. The number of para-hydroxylation sites is 1. The van der Waals surface area contributed by atoms with Crippen molar-refractivity contribution in [1.29, 1.82) is 0 Å². The Labute approximate surface area is 184 Å². The molecule has 1 amide bonds. The molecule has 5 nitrogen and oxygen atoms in total. The number of halogens is 1. The number of anilines is 1. The molecule has 2 unspecified atom stereocenters. The summed E-state index contributed by atoms with van der Waals surface area (Å²) in [6, 6.07) is 16.0. The Balaban J connectivity index is 2.02. The van der Waals surface area contributed by atoms with E-state index in [0.29, 0.717) is 13.0 Å². The van der Waals surface area contributed by atoms with Gasteiger partial charge in [-0.3, -0.25) is 4.79 Å². The van der Waals surface area contributed by atoms with Crippen LogP contribution in [0.1, 0.15) is 51.5 Å². The van der Waals surface area contributed by atoms with E-state index in [-0.39, 0.29) is 24.2 Å². The van der Waals surface area contributed by atoms with E-state index in [1.54, 1.807) is 12.1 Å². The molecule has 2 aromatic carbocycles. The van der Waals surface area contributed by atoms with Crippen molar-refractivity contribution < 1.29 is 14.3 Å². The van der Waals surface area contributed by atoms with Crippen LogP contribution in [-0.2, 0) is 4.79 Å². The molecule has 2 aromatic rings. The van der Waals surface area contributed by atoms with E-state index in [1.807, 2.05) is 42.3 Å². The summed E-state index contributed by atoms with van der Waals surface area (Å²) < 4.78 is 13.6. The number of unbranched alkanes of at least 4 members (excludes halogenated alkanes) is 2. The Hall–Kier alpha value is -2.73. The molecular formula is C25H32FN3O2. The molecule has 3 rings (SSSR count). The van der Waals surface area contributed by atoms with Gasteiger partial charge in [0.05, 0.1) is 11.4 Å². The summed E-state index contributed by atoms with van der Waals surface area (Å²) in [5.74, 6) is -0.524. The second kappa shape index (κ2) is 10.5. The molecule has 0 fully saturated rings. The van der Waals surface area contributed by atoms with Crippen LogP contribution in [0.2, 0.25) is 0 Å². The third-order valence-electron chi connectivity index (χ3n) is 5.97. The van der Waals surface area contributed by atoms with Crippen LogP contribution in [0.15, 0.2) is 59.7 Å². The normalized spacial score (nSPS) is 20.6. The molecule has 0 spiro atoms. The smallest absolute Gasteiger partial charge is 0.248 e. The first-order chi connectivity index (χ1) is 15.0. The van der Waals surface area contributed by atoms with Crippen molar-refractivity contribution in [2.75, 3.05) is 18.2 Å². The van der Waals surface area contributed by atoms with Crippen molar-refractivity contribution in [3.63, 3.8) is 0 Å². The van der Waals surface area contributed by atoms with E-state index in [0.717, 1.165) is 42.6 Å². The number of nitrogens with one attached hydrogen (secondary N) is 1. The summed E-state index contributed by atoms with van der Waals surface area (Å²) >= 11 is 0. The number of hydrogen-bond donors (Lipinski definition) is 2. The fraction of sp³-hybridized carbons (Fsp3) is 0.440. The Morgan fingerprint density at radius 2 is 1.84 bits per heavy atom. The molecule has 0 aromatic heterocycles. The number of aliphatic hydroxyl groups is 1. The van der Waals surface area contributed by atoms with E-state index in [2.05, 4.69) is 12.2 Å². The number of aliphatic hydroxyl groups excluding tert-OH is 1. The number of hydrogen-bond acceptors (Lipinski definition) is 4. The topological polar surface area (TPSA) is 64.9 Å². The van der Waals surface area contributed by atoms with Crippen LogP contribution in [0.25, 0.3) is 0 Å². The maximum Gasteiger partial charge on any atom is 0.248 e. The van der Waals surface area contributed by atoms with E-state index >= 15 is 0 Å². The molecule has 166 valence electrons. The Morgan fingerprint density at radius 1 is 1.13 bits per heavy atom. The minimum Gasteiger partial charge on any atom is -0.396 e. The van der Waals surface area contributed by atoms with E-state index < -0.39 is 5.54 Å². The second-order valence-corrected chi connectivity index (χ2v) is 8.17. The first-order valence-corrected chi connectivity index (χ1v) is 11.1. The molecule has 0 saturated carbocycles. The van der Waals surface area contributed by atoms with Crippen molar-refractivity contribution in [2.45, 2.75) is 51.5 Å². The lowest BCUT2D eigenvalue weighted by molar-refractivity contribution is -0.126. The quantitative estimate of drug-likeness (QED) is 0.551. The highest BCUT2D eigenvalue weighted by Gasteiger charge is 2.53. The molecule has 31 heavy (non-hydrogen) atoms. The van der Waals surface area contributed by atoms with Crippen LogP contribution < -0.4 is 10.3 Å². The molecule has 0 bridgehead atoms. The number of amides is 1. The predicted molar refractivity (Wildman–Crippen MR) is 123 cm³/mol. The van der Waals surface area contributed by atoms with Crippen LogP contribution in [0.3, 0.4) is 0 Å². The van der Waals surface area contributed by atoms with Gasteiger partial charge in [0.2, 0.25) is 5.91 Å². The van der Waals surface area contributed by atoms with Gasteiger partial charge in [-0.2, -0.15) is 5.10 Å². The summed E-state index contributed by atoms with van der Waals surface area (Å²) in [6.07, 6.45) is 4.13. The van der Waals surface area contributed by atoms with Crippen molar-refractivity contribution in [3.8, 4) is 0 Å². The van der Waals surface area contributed by atoms with E-state index in [9.17, 15) is 9.18 Å². The lowest BCUT2D eigenvalue weighted by atomic mass is 9.77. The molecule has 1 aliphatic rings. The van der Waals surface area contributed by atoms with Crippen LogP contribution in [0.5, 0.6) is 0 Å². The van der Waals surface area contributed by atoms with Gasteiger partial charge in [0.1, 0.15) is 11.4 Å². The van der Waals surface area contributed by atoms with Gasteiger partial charge in [-0.1, -0.05) is 50.1 Å². The summed E-state index contributed by atoms with van der Waals surface area (Å²) in [5, 5.41) is 18.9. The molecule has 0 radical (unpaired) electrons. The summed E-state index contributed by atoms with van der Waals surface area (Å²) in [5.41, 5.74) is 1.57. The van der Waals surface area contributed by atoms with Crippen molar-refractivity contribution in [1.82, 2.24) is 5.32 Å². The number of carbonyl (C=O) groups is 1. The van der Waals surface area contributed by atoms with Crippen LogP contribution in [0.4, 0.5) is 10.1 Å². The standard InChI is InChI=1S/C25H32FN3O2/c1-3-4-12-22-23(19-13-15-20(26)16-14-19)28-29(21-10-6-5-7-11-21)25(22,2)24(31)27-17-8-9-18-30/h5-7,10-11,13-16,22,30H,3-4,8-9,12,17-18H2,1-2H3,(H,27,31). The molecule has 6 heteroatoms. The van der Waals surface area contributed by atoms with Gasteiger partial charge >= 0.3 is 0 Å². The van der Waals surface area contributed by atoms with Crippen molar-refractivity contribution in [2.24, 2.45) is 11.0 Å². The highest BCUT2D eigenvalue weighted by molar-refractivity contribution is 6.10. The third kappa shape index (κ3) is 4.96. The highest BCUT2D eigenvalue weighted by Crippen LogP contribution is 2.41. The minimum atomic E-state index is -0.917. The van der Waals surface area contributed by atoms with E-state index in [1.165, 1.54) is 12.1 Å². The average molecular weight is 426 g/mol. The first-order valence-electron chi connectivity index (χ1n) is 11.1. The summed E-state index contributed by atoms with van der Waals surface area (Å²) in [7, 11) is 0. The first kappa shape index (κ1) is 22.9. The number of benzene rings is 2. The number of rotatable bonds is 10. The fourth-order valence-electron chi connectivity index (χ4n) is 4.17. The fourth-order valence-corrected chi connectivity index (χ4v) is 4.17. The van der Waals surface area contributed by atoms with Gasteiger partial charge < -0.3 is 10.4 Å². The molecule has 0 saturated heterocycles. The monoisotopic (exact) mass is 425 g/mol. The molecular weight excluding hydrogens is 393 g/mol. The average Bonchev–Trinajstić information content (AvgIpc) is 3.09. The summed E-state index contributed by atoms with van der Waals surface area (Å²) in [4.78, 5) is 13.6. The van der Waals surface area contributed by atoms with Gasteiger partial charge in [0.15, 0.2) is 0 Å². The molecule has 1 aliphatic heterocycles. The lowest BCUT2D eigenvalue weighted by Crippen LogP contribution is -2.58. The van der Waals surface area contributed by atoms with Gasteiger partial charge in [-0.15, -0.1) is 0 Å². The predicted octanol–water partition coefficient (Wildman–Crippen LogP) is 4.50. The Kier molecular flexibility index (Phi) is 7.80. The van der Waals surface area contributed by atoms with Crippen molar-refractivity contribution >= 4 is 17.3 Å². The molecule has 2 N–H and O–H groups in total. The number of carbonyl (C=O) groups excluding carboxylic acids is 1. The zero-order valence-electron chi connectivity index (χ0n) is 18.4. The van der Waals surface area contributed by atoms with Gasteiger partial charge in [0.25, 0.3) is 0 Å². The Bertz CT molecular complexity index is 885. The van der Waals surface area contributed by atoms with Crippen LogP contribution >= 0.6 is 0 Å². The highest BCUT2D eigenvalue weighted by atomic mass is 19.1. The minimum absolute atomic E-state index is 0.0868. The maximum absolute atomic E-state index is 13.6. The largest absolute Gasteiger partial charge is 0.396 e. The third-order valence-corrected chi connectivity index (χ3v) is 5.97. The summed E-state index contributed by atoms with van der Waals surface area (Å²) in [6.45, 7) is 4.69. The number of hydrazone groups is 1. The Morgan fingerprint density at radius 3 is 2.48 bits per heavy atom. The van der Waals surface area contributed by atoms with E-state index in [4.69, 9.17) is 10.2 Å². The second-order valence-electron chi connectivity index (χ2n) is 8.17. The zero-order chi connectivity index (χ0) is 22.3. The molecule has 2 atom stereocenters. The maximum atomic E-state index is 13.6. The van der Waals surface area contributed by atoms with Gasteiger partial charge in [-0.25, -0.2) is 9.40 Å². The van der Waals surface area contributed by atoms with Gasteiger partial charge in [0, 0.05) is 19.1 Å². The number of nitrogens with zero attached hydrogens (tertiary/aromatic N) is 2. The van der Waals surface area contributed by atoms with Crippen LogP contribution in [0, 0.1) is 11.7 Å². The molecule has 1 heterocycles. The SMILES string of the molecule is CCCCC1C(c2ccc(F)cc2)=NN(c2ccccc2)C1(C)C(=O)NCCCCO. The van der Waals surface area contributed by atoms with Crippen molar-refractivity contribution in [3.05, 3.63) is 66.0 Å². The molecule has 0 aliphatic carbocycles.